The minimum absolute atomic E-state index is 0.136. The van der Waals surface area contributed by atoms with E-state index in [2.05, 4.69) is 27.5 Å². The van der Waals surface area contributed by atoms with Gasteiger partial charge in [0.1, 0.15) is 17.5 Å². The summed E-state index contributed by atoms with van der Waals surface area (Å²) in [5, 5.41) is 7.45. The van der Waals surface area contributed by atoms with Crippen molar-refractivity contribution in [2.24, 2.45) is 0 Å². The number of anilines is 3. The quantitative estimate of drug-likeness (QED) is 0.544. The predicted octanol–water partition coefficient (Wildman–Crippen LogP) is 4.80. The van der Waals surface area contributed by atoms with Gasteiger partial charge in [-0.05, 0) is 42.5 Å². The Morgan fingerprint density at radius 2 is 1.69 bits per heavy atom. The van der Waals surface area contributed by atoms with E-state index in [1.54, 1.807) is 42.5 Å². The molecule has 0 saturated heterocycles. The smallest absolute Gasteiger partial charge is 0.308 e. The number of urea groups is 1. The van der Waals surface area contributed by atoms with Gasteiger partial charge in [0, 0.05) is 17.3 Å². The van der Waals surface area contributed by atoms with Gasteiger partial charge in [0.2, 0.25) is 5.91 Å². The van der Waals surface area contributed by atoms with Gasteiger partial charge < -0.3 is 16.0 Å². The lowest BCUT2D eigenvalue weighted by Gasteiger charge is -2.09. The molecule has 0 saturated carbocycles. The number of carbonyl (C=O) groups excluding carboxylic acids is 2. The Bertz CT molecular complexity index is 1070. The van der Waals surface area contributed by atoms with Crippen molar-refractivity contribution in [2.45, 2.75) is 0 Å². The van der Waals surface area contributed by atoms with Gasteiger partial charge in [-0.3, -0.25) is 4.79 Å². The first-order chi connectivity index (χ1) is 13.9. The van der Waals surface area contributed by atoms with Crippen molar-refractivity contribution < 1.29 is 18.4 Å². The van der Waals surface area contributed by atoms with Crippen molar-refractivity contribution in [3.05, 3.63) is 85.0 Å². The summed E-state index contributed by atoms with van der Waals surface area (Å²) in [6, 6.07) is 14.1. The Balaban J connectivity index is 1.67. The molecule has 1 heterocycles. The molecular weight excluding hydrogens is 378 g/mol. The summed E-state index contributed by atoms with van der Waals surface area (Å²) < 4.78 is 26.5. The first-order valence-electron chi connectivity index (χ1n) is 8.48. The van der Waals surface area contributed by atoms with Crippen molar-refractivity contribution in [1.29, 1.82) is 0 Å². The van der Waals surface area contributed by atoms with Crippen LogP contribution in [0.25, 0.3) is 11.3 Å². The molecule has 0 fully saturated rings. The Kier molecular flexibility index (Phi) is 5.94. The van der Waals surface area contributed by atoms with Crippen LogP contribution in [-0.2, 0) is 4.79 Å². The average Bonchev–Trinajstić information content (AvgIpc) is 2.71. The molecule has 2 aromatic carbocycles. The van der Waals surface area contributed by atoms with Gasteiger partial charge in [-0.25, -0.2) is 18.6 Å². The van der Waals surface area contributed by atoms with Crippen LogP contribution >= 0.6 is 0 Å². The van der Waals surface area contributed by atoms with Crippen LogP contribution in [0.5, 0.6) is 0 Å². The van der Waals surface area contributed by atoms with Crippen LogP contribution in [0.2, 0.25) is 0 Å². The van der Waals surface area contributed by atoms with Crippen LogP contribution in [0, 0.1) is 11.6 Å². The van der Waals surface area contributed by atoms with Crippen LogP contribution in [0.3, 0.4) is 0 Å². The molecule has 0 radical (unpaired) electrons. The zero-order valence-corrected chi connectivity index (χ0v) is 15.1. The molecule has 3 aromatic rings. The van der Waals surface area contributed by atoms with E-state index < -0.39 is 17.7 Å². The Hall–Kier alpha value is -4.07. The first kappa shape index (κ1) is 19.7. The summed E-state index contributed by atoms with van der Waals surface area (Å²) in [6.07, 6.45) is 1.15. The summed E-state index contributed by atoms with van der Waals surface area (Å²) in [5.41, 5.74) is 1.71. The van der Waals surface area contributed by atoms with Crippen molar-refractivity contribution in [2.75, 3.05) is 16.0 Å². The van der Waals surface area contributed by atoms with E-state index in [1.165, 1.54) is 0 Å². The van der Waals surface area contributed by atoms with Crippen LogP contribution < -0.4 is 16.0 Å². The highest BCUT2D eigenvalue weighted by Gasteiger charge is 2.09. The zero-order valence-electron chi connectivity index (χ0n) is 15.1. The predicted molar refractivity (Wildman–Crippen MR) is 107 cm³/mol. The van der Waals surface area contributed by atoms with E-state index in [-0.39, 0.29) is 11.6 Å². The van der Waals surface area contributed by atoms with E-state index in [0.717, 1.165) is 23.8 Å². The fourth-order valence-corrected chi connectivity index (χ4v) is 2.44. The number of carbonyl (C=O) groups is 2. The van der Waals surface area contributed by atoms with Crippen molar-refractivity contribution >= 4 is 29.1 Å². The van der Waals surface area contributed by atoms with Gasteiger partial charge >= 0.3 is 6.03 Å². The van der Waals surface area contributed by atoms with Crippen LogP contribution in [0.15, 0.2) is 73.3 Å². The number of nitrogens with zero attached hydrogens (tertiary/aromatic N) is 1. The third-order valence-corrected chi connectivity index (χ3v) is 3.80. The van der Waals surface area contributed by atoms with Gasteiger partial charge in [-0.1, -0.05) is 24.8 Å². The lowest BCUT2D eigenvalue weighted by Crippen LogP contribution is -2.20. The number of aromatic nitrogens is 1. The molecule has 0 bridgehead atoms. The van der Waals surface area contributed by atoms with E-state index in [9.17, 15) is 18.4 Å². The molecule has 0 spiro atoms. The summed E-state index contributed by atoms with van der Waals surface area (Å²) in [6.45, 7) is 3.39. The van der Waals surface area contributed by atoms with E-state index in [0.29, 0.717) is 23.3 Å². The summed E-state index contributed by atoms with van der Waals surface area (Å²) in [7, 11) is 0. The van der Waals surface area contributed by atoms with Gasteiger partial charge in [-0.15, -0.1) is 0 Å². The number of amides is 3. The summed E-state index contributed by atoms with van der Waals surface area (Å²) >= 11 is 0. The maximum atomic E-state index is 13.6. The fraction of sp³-hybridized carbons (Fsp3) is 0. The average molecular weight is 394 g/mol. The molecule has 3 N–H and O–H groups in total. The van der Waals surface area contributed by atoms with Crippen LogP contribution in [0.4, 0.5) is 30.8 Å². The molecule has 29 heavy (non-hydrogen) atoms. The van der Waals surface area contributed by atoms with Crippen molar-refractivity contribution in [3.63, 3.8) is 0 Å². The lowest BCUT2D eigenvalue weighted by molar-refractivity contribution is -0.111. The van der Waals surface area contributed by atoms with Crippen molar-refractivity contribution in [3.8, 4) is 11.3 Å². The van der Waals surface area contributed by atoms with E-state index >= 15 is 0 Å². The molecule has 6 nitrogen and oxygen atoms in total. The molecule has 0 aliphatic rings. The Morgan fingerprint density at radius 3 is 2.38 bits per heavy atom. The third-order valence-electron chi connectivity index (χ3n) is 3.80. The second-order valence-corrected chi connectivity index (χ2v) is 5.88. The largest absolute Gasteiger partial charge is 0.323 e. The molecule has 0 atom stereocenters. The zero-order chi connectivity index (χ0) is 20.8. The van der Waals surface area contributed by atoms with E-state index in [4.69, 9.17) is 0 Å². The number of benzene rings is 2. The number of pyridine rings is 1. The lowest BCUT2D eigenvalue weighted by atomic mass is 10.1. The summed E-state index contributed by atoms with van der Waals surface area (Å²) in [4.78, 5) is 27.7. The van der Waals surface area contributed by atoms with Gasteiger partial charge in [-0.2, -0.15) is 0 Å². The van der Waals surface area contributed by atoms with Gasteiger partial charge in [0.25, 0.3) is 0 Å². The standard InChI is InChI=1S/C21H16F2N4O2/c1-2-20(28)27-19-5-3-4-17(25-19)13-6-9-15(10-7-13)24-21(29)26-18-11-8-14(22)12-16(18)23/h2-12H,1H2,(H2,24,26,29)(H,25,27,28). The van der Waals surface area contributed by atoms with Crippen LogP contribution in [-0.4, -0.2) is 16.9 Å². The molecule has 0 unspecified atom stereocenters. The third kappa shape index (κ3) is 5.23. The minimum atomic E-state index is -0.870. The molecule has 3 rings (SSSR count). The summed E-state index contributed by atoms with van der Waals surface area (Å²) in [5.74, 6) is -1.58. The molecule has 0 aliphatic heterocycles. The first-order valence-corrected chi connectivity index (χ1v) is 8.48. The molecule has 1 aromatic heterocycles. The monoisotopic (exact) mass is 394 g/mol. The Morgan fingerprint density at radius 1 is 0.931 bits per heavy atom. The molecule has 8 heteroatoms. The van der Waals surface area contributed by atoms with Gasteiger partial charge in [0.05, 0.1) is 11.4 Å². The number of halogens is 2. The number of rotatable bonds is 5. The van der Waals surface area contributed by atoms with Crippen LogP contribution in [0.1, 0.15) is 0 Å². The minimum Gasteiger partial charge on any atom is -0.308 e. The highest BCUT2D eigenvalue weighted by molar-refractivity contribution is 6.00. The van der Waals surface area contributed by atoms with Crippen molar-refractivity contribution in [1.82, 2.24) is 4.98 Å². The topological polar surface area (TPSA) is 83.1 Å². The Labute approximate surface area is 165 Å². The fourth-order valence-electron chi connectivity index (χ4n) is 2.44. The SMILES string of the molecule is C=CC(=O)Nc1cccc(-c2ccc(NC(=O)Nc3ccc(F)cc3F)cc2)n1. The second kappa shape index (κ2) is 8.75. The second-order valence-electron chi connectivity index (χ2n) is 5.88. The number of nitrogens with one attached hydrogen (secondary N) is 3. The molecular formula is C21H16F2N4O2. The van der Waals surface area contributed by atoms with Gasteiger partial charge in [0.15, 0.2) is 0 Å². The number of hydrogen-bond acceptors (Lipinski definition) is 3. The molecule has 0 aliphatic carbocycles. The maximum absolute atomic E-state index is 13.6. The normalized spacial score (nSPS) is 10.1. The highest BCUT2D eigenvalue weighted by atomic mass is 19.1. The molecule has 3 amide bonds. The molecule has 146 valence electrons. The number of hydrogen-bond donors (Lipinski definition) is 3. The van der Waals surface area contributed by atoms with E-state index in [1.807, 2.05) is 0 Å². The maximum Gasteiger partial charge on any atom is 0.323 e. The highest BCUT2D eigenvalue weighted by Crippen LogP contribution is 2.21.